The molecule has 2 rings (SSSR count). The van der Waals surface area contributed by atoms with E-state index in [4.69, 9.17) is 5.11 Å². The van der Waals surface area contributed by atoms with Crippen LogP contribution >= 0.6 is 0 Å². The number of rotatable bonds is 4. The molecule has 0 fully saturated rings. The number of amides is 1. The highest BCUT2D eigenvalue weighted by Gasteiger charge is 2.28. The molecular formula is C13H16N2O3. The molecule has 1 amide bonds. The van der Waals surface area contributed by atoms with Crippen LogP contribution in [0.25, 0.3) is 0 Å². The summed E-state index contributed by atoms with van der Waals surface area (Å²) >= 11 is 0. The lowest BCUT2D eigenvalue weighted by atomic mass is 10.1. The van der Waals surface area contributed by atoms with Crippen LogP contribution in [0.4, 0.5) is 5.69 Å². The summed E-state index contributed by atoms with van der Waals surface area (Å²) in [7, 11) is 0. The Morgan fingerprint density at radius 1 is 1.50 bits per heavy atom. The highest BCUT2D eigenvalue weighted by Crippen LogP contribution is 2.25. The molecule has 1 aliphatic rings. The third kappa shape index (κ3) is 2.45. The fourth-order valence-electron chi connectivity index (χ4n) is 2.07. The van der Waals surface area contributed by atoms with Gasteiger partial charge in [-0.2, -0.15) is 0 Å². The van der Waals surface area contributed by atoms with Crippen molar-refractivity contribution >= 4 is 17.6 Å². The van der Waals surface area contributed by atoms with Crippen molar-refractivity contribution in [2.24, 2.45) is 0 Å². The molecule has 1 unspecified atom stereocenters. The Kier molecular flexibility index (Phi) is 3.50. The average molecular weight is 248 g/mol. The molecule has 1 aromatic rings. The minimum absolute atomic E-state index is 0.263. The maximum atomic E-state index is 12.0. The quantitative estimate of drug-likeness (QED) is 0.743. The smallest absolute Gasteiger partial charge is 0.326 e. The highest BCUT2D eigenvalue weighted by molar-refractivity contribution is 5.90. The van der Waals surface area contributed by atoms with Gasteiger partial charge in [-0.15, -0.1) is 0 Å². The zero-order chi connectivity index (χ0) is 13.1. The normalized spacial score (nSPS) is 18.6. The van der Waals surface area contributed by atoms with Crippen LogP contribution in [0.5, 0.6) is 0 Å². The van der Waals surface area contributed by atoms with Crippen LogP contribution in [0.2, 0.25) is 0 Å². The molecule has 0 aliphatic carbocycles. The summed E-state index contributed by atoms with van der Waals surface area (Å²) < 4.78 is 0. The summed E-state index contributed by atoms with van der Waals surface area (Å²) in [6.45, 7) is 1.73. The Morgan fingerprint density at radius 2 is 2.22 bits per heavy atom. The van der Waals surface area contributed by atoms with Crippen molar-refractivity contribution in [3.63, 3.8) is 0 Å². The third-order valence-corrected chi connectivity index (χ3v) is 3.11. The van der Waals surface area contributed by atoms with Gasteiger partial charge in [0.05, 0.1) is 0 Å². The van der Waals surface area contributed by atoms with Crippen molar-refractivity contribution in [1.29, 1.82) is 0 Å². The molecule has 2 atom stereocenters. The van der Waals surface area contributed by atoms with Gasteiger partial charge in [0.25, 0.3) is 0 Å². The zero-order valence-corrected chi connectivity index (χ0v) is 10.1. The summed E-state index contributed by atoms with van der Waals surface area (Å²) in [5.74, 6) is -1.26. The Bertz CT molecular complexity index is 448. The SMILES string of the molecule is CC[C@H](NC(=O)C1Cc2ccccc2N1)C(=O)O. The summed E-state index contributed by atoms with van der Waals surface area (Å²) in [6, 6.07) is 6.51. The lowest BCUT2D eigenvalue weighted by Crippen LogP contribution is -2.47. The number of aliphatic carboxylic acids is 1. The molecule has 5 heteroatoms. The minimum atomic E-state index is -0.999. The topological polar surface area (TPSA) is 78.4 Å². The van der Waals surface area contributed by atoms with Gasteiger partial charge in [-0.3, -0.25) is 4.79 Å². The maximum Gasteiger partial charge on any atom is 0.326 e. The molecule has 0 radical (unpaired) electrons. The summed E-state index contributed by atoms with van der Waals surface area (Å²) in [5, 5.41) is 14.5. The summed E-state index contributed by atoms with van der Waals surface area (Å²) in [5.41, 5.74) is 2.03. The number of hydrogen-bond acceptors (Lipinski definition) is 3. The van der Waals surface area contributed by atoms with E-state index >= 15 is 0 Å². The van der Waals surface area contributed by atoms with Crippen molar-refractivity contribution < 1.29 is 14.7 Å². The third-order valence-electron chi connectivity index (χ3n) is 3.11. The van der Waals surface area contributed by atoms with E-state index in [1.165, 1.54) is 0 Å². The van der Waals surface area contributed by atoms with Gasteiger partial charge in [-0.1, -0.05) is 25.1 Å². The number of carboxylic acid groups (broad SMARTS) is 1. The monoisotopic (exact) mass is 248 g/mol. The second-order valence-electron chi connectivity index (χ2n) is 4.37. The number of para-hydroxylation sites is 1. The fraction of sp³-hybridized carbons (Fsp3) is 0.385. The molecule has 0 saturated heterocycles. The second kappa shape index (κ2) is 5.08. The van der Waals surface area contributed by atoms with Gasteiger partial charge in [-0.25, -0.2) is 4.79 Å². The van der Waals surface area contributed by atoms with Crippen LogP contribution in [0.1, 0.15) is 18.9 Å². The summed E-state index contributed by atoms with van der Waals surface area (Å²) in [4.78, 5) is 22.8. The Balaban J connectivity index is 1.99. The molecule has 0 aromatic heterocycles. The molecule has 96 valence electrons. The van der Waals surface area contributed by atoms with Gasteiger partial charge < -0.3 is 15.7 Å². The number of nitrogens with one attached hydrogen (secondary N) is 2. The predicted molar refractivity (Wildman–Crippen MR) is 67.4 cm³/mol. The molecular weight excluding hydrogens is 232 g/mol. The first-order valence-electron chi connectivity index (χ1n) is 5.99. The molecule has 0 spiro atoms. The number of hydrogen-bond donors (Lipinski definition) is 3. The van der Waals surface area contributed by atoms with Gasteiger partial charge in [0.2, 0.25) is 5.91 Å². The first-order chi connectivity index (χ1) is 8.61. The average Bonchev–Trinajstić information content (AvgIpc) is 2.79. The molecule has 3 N–H and O–H groups in total. The van der Waals surface area contributed by atoms with Gasteiger partial charge in [0.1, 0.15) is 12.1 Å². The number of carbonyl (C=O) groups excluding carboxylic acids is 1. The minimum Gasteiger partial charge on any atom is -0.480 e. The van der Waals surface area contributed by atoms with Crippen molar-refractivity contribution in [2.45, 2.75) is 31.8 Å². The largest absolute Gasteiger partial charge is 0.480 e. The van der Waals surface area contributed by atoms with Crippen molar-refractivity contribution in [3.8, 4) is 0 Å². The Labute approximate surface area is 105 Å². The lowest BCUT2D eigenvalue weighted by molar-refractivity contribution is -0.142. The predicted octanol–water partition coefficient (Wildman–Crippen LogP) is 1.00. The second-order valence-corrected chi connectivity index (χ2v) is 4.37. The molecule has 0 bridgehead atoms. The van der Waals surface area contributed by atoms with E-state index in [1.54, 1.807) is 6.92 Å². The fourth-order valence-corrected chi connectivity index (χ4v) is 2.07. The molecule has 1 heterocycles. The Hall–Kier alpha value is -2.04. The number of fused-ring (bicyclic) bond motifs is 1. The number of carbonyl (C=O) groups is 2. The maximum absolute atomic E-state index is 12.0. The van der Waals surface area contributed by atoms with E-state index in [1.807, 2.05) is 24.3 Å². The van der Waals surface area contributed by atoms with Gasteiger partial charge in [0, 0.05) is 12.1 Å². The van der Waals surface area contributed by atoms with E-state index in [2.05, 4.69) is 10.6 Å². The molecule has 5 nitrogen and oxygen atoms in total. The van der Waals surface area contributed by atoms with Crippen LogP contribution < -0.4 is 10.6 Å². The zero-order valence-electron chi connectivity index (χ0n) is 10.1. The van der Waals surface area contributed by atoms with E-state index < -0.39 is 12.0 Å². The van der Waals surface area contributed by atoms with Crippen LogP contribution in [-0.2, 0) is 16.0 Å². The first kappa shape index (κ1) is 12.4. The standard InChI is InChI=1S/C13H16N2O3/c1-2-9(13(17)18)15-12(16)11-7-8-5-3-4-6-10(8)14-11/h3-6,9,11,14H,2,7H2,1H3,(H,15,16)(H,17,18)/t9-,11?/m0/s1. The van der Waals surface area contributed by atoms with Gasteiger partial charge in [-0.05, 0) is 18.1 Å². The van der Waals surface area contributed by atoms with Gasteiger partial charge >= 0.3 is 5.97 Å². The highest BCUT2D eigenvalue weighted by atomic mass is 16.4. The molecule has 0 saturated carbocycles. The number of anilines is 1. The van der Waals surface area contributed by atoms with Crippen LogP contribution in [0.3, 0.4) is 0 Å². The van der Waals surface area contributed by atoms with E-state index in [-0.39, 0.29) is 11.9 Å². The van der Waals surface area contributed by atoms with Crippen molar-refractivity contribution in [3.05, 3.63) is 29.8 Å². The number of benzene rings is 1. The van der Waals surface area contributed by atoms with Gasteiger partial charge in [0.15, 0.2) is 0 Å². The molecule has 1 aromatic carbocycles. The van der Waals surface area contributed by atoms with E-state index in [9.17, 15) is 9.59 Å². The van der Waals surface area contributed by atoms with E-state index in [0.29, 0.717) is 12.8 Å². The summed E-state index contributed by atoms with van der Waals surface area (Å²) in [6.07, 6.45) is 0.971. The number of carboxylic acids is 1. The molecule has 18 heavy (non-hydrogen) atoms. The first-order valence-corrected chi connectivity index (χ1v) is 5.99. The van der Waals surface area contributed by atoms with Crippen LogP contribution in [0, 0.1) is 0 Å². The van der Waals surface area contributed by atoms with Crippen molar-refractivity contribution in [2.75, 3.05) is 5.32 Å². The lowest BCUT2D eigenvalue weighted by Gasteiger charge is -2.16. The van der Waals surface area contributed by atoms with Crippen LogP contribution in [-0.4, -0.2) is 29.1 Å². The van der Waals surface area contributed by atoms with E-state index in [0.717, 1.165) is 11.3 Å². The van der Waals surface area contributed by atoms with Crippen molar-refractivity contribution in [1.82, 2.24) is 5.32 Å². The Morgan fingerprint density at radius 3 is 2.83 bits per heavy atom. The van der Waals surface area contributed by atoms with Crippen LogP contribution in [0.15, 0.2) is 24.3 Å². The molecule has 1 aliphatic heterocycles.